The van der Waals surface area contributed by atoms with E-state index in [1.165, 1.54) is 5.56 Å². The minimum absolute atomic E-state index is 0. The molecule has 172 valence electrons. The van der Waals surface area contributed by atoms with E-state index >= 15 is 0 Å². The molecular formula is C25H36N6O. The van der Waals surface area contributed by atoms with Crippen molar-refractivity contribution in [3.05, 3.63) is 65.2 Å². The highest BCUT2D eigenvalue weighted by molar-refractivity contribution is 6.07. The second-order valence-electron chi connectivity index (χ2n) is 8.89. The molecule has 3 heterocycles. The van der Waals surface area contributed by atoms with Crippen LogP contribution in [0.25, 0.3) is 0 Å². The van der Waals surface area contributed by atoms with Crippen molar-refractivity contribution in [1.29, 1.82) is 10.8 Å². The van der Waals surface area contributed by atoms with Crippen LogP contribution in [0.1, 0.15) is 63.6 Å². The number of hydrogen-bond acceptors (Lipinski definition) is 5. The highest BCUT2D eigenvalue weighted by Gasteiger charge is 2.28. The number of amides is 1. The van der Waals surface area contributed by atoms with E-state index in [0.29, 0.717) is 35.5 Å². The molecule has 2 aliphatic heterocycles. The minimum atomic E-state index is -0.281. The number of amidine groups is 2. The highest BCUT2D eigenvalue weighted by Crippen LogP contribution is 2.22. The van der Waals surface area contributed by atoms with E-state index in [1.807, 2.05) is 26.1 Å². The van der Waals surface area contributed by atoms with Crippen molar-refractivity contribution in [2.75, 3.05) is 6.54 Å². The van der Waals surface area contributed by atoms with Crippen molar-refractivity contribution in [3.63, 3.8) is 0 Å². The number of fused-ring (bicyclic) bond motifs is 1. The molecule has 1 aromatic heterocycles. The Morgan fingerprint density at radius 3 is 2.78 bits per heavy atom. The van der Waals surface area contributed by atoms with E-state index in [1.54, 1.807) is 23.1 Å². The van der Waals surface area contributed by atoms with Crippen LogP contribution in [0.2, 0.25) is 0 Å². The van der Waals surface area contributed by atoms with Crippen molar-refractivity contribution in [3.8, 4) is 0 Å². The fraction of sp³-hybridized carbons (Fsp3) is 0.440. The lowest BCUT2D eigenvalue weighted by Crippen LogP contribution is -2.36. The maximum Gasteiger partial charge on any atom is 0.274 e. The van der Waals surface area contributed by atoms with E-state index in [-0.39, 0.29) is 13.4 Å². The summed E-state index contributed by atoms with van der Waals surface area (Å²) in [5.74, 6) is 0.551. The summed E-state index contributed by atoms with van der Waals surface area (Å²) in [5, 5.41) is 19.2. The molecule has 0 radical (unpaired) electrons. The van der Waals surface area contributed by atoms with Crippen LogP contribution < -0.4 is 5.32 Å². The Morgan fingerprint density at radius 1 is 1.38 bits per heavy atom. The largest absolute Gasteiger partial charge is 0.321 e. The molecule has 7 heteroatoms. The fourth-order valence-corrected chi connectivity index (χ4v) is 4.07. The fourth-order valence-electron chi connectivity index (χ4n) is 4.07. The number of rotatable bonds is 6. The number of hydrogen-bond donors (Lipinski definition) is 3. The van der Waals surface area contributed by atoms with Gasteiger partial charge in [0.2, 0.25) is 0 Å². The third kappa shape index (κ3) is 5.40. The number of nitrogens with zero attached hydrogens (tertiary/aromatic N) is 3. The van der Waals surface area contributed by atoms with Gasteiger partial charge in [0.15, 0.2) is 0 Å². The van der Waals surface area contributed by atoms with Crippen molar-refractivity contribution in [2.24, 2.45) is 0 Å². The molecule has 2 aliphatic rings. The second-order valence-corrected chi connectivity index (χ2v) is 8.89. The number of allylic oxidation sites excluding steroid dienone is 3. The van der Waals surface area contributed by atoms with Crippen LogP contribution in [-0.2, 0) is 13.0 Å². The van der Waals surface area contributed by atoms with Crippen molar-refractivity contribution >= 4 is 17.6 Å². The normalized spacial score (nSPS) is 19.5. The second kappa shape index (κ2) is 10.0. The standard InChI is InChI=1S/C25H34N6O.H2/c1-16(2)30-12-11-20-14-28-22(13-21(20)15-30)25(32)29-18(4)8-6-7-17(3)24(27)31-19(5)9-10-23(31)26;/h6-8,13-14,16,19,26-27H,4,9-12,15H2,1-3,5H3,(H,29,32);1H/b8-6-,17-7+,26-23?,27-24?;/t19-;/m1./s1. The van der Waals surface area contributed by atoms with Crippen LogP contribution in [0.15, 0.2) is 48.3 Å². The van der Waals surface area contributed by atoms with Gasteiger partial charge >= 0.3 is 0 Å². The Balaban J connectivity index is 0.00000385. The first kappa shape index (κ1) is 23.6. The molecule has 1 atom stereocenters. The van der Waals surface area contributed by atoms with E-state index in [9.17, 15) is 4.79 Å². The van der Waals surface area contributed by atoms with Gasteiger partial charge in [-0.1, -0.05) is 18.7 Å². The van der Waals surface area contributed by atoms with Gasteiger partial charge in [-0.15, -0.1) is 0 Å². The third-order valence-corrected chi connectivity index (χ3v) is 6.15. The maximum absolute atomic E-state index is 12.6. The molecule has 0 aromatic carbocycles. The zero-order valence-electron chi connectivity index (χ0n) is 19.5. The SMILES string of the molecule is C=C(/C=C\C=C(/C)C(=N)N1C(=N)CC[C@H]1C)NC(=O)c1cc2c(cn1)CCN(C(C)C)C2.[HH]. The quantitative estimate of drug-likeness (QED) is 0.352. The molecule has 0 aliphatic carbocycles. The number of likely N-dealkylation sites (tertiary alicyclic amines) is 1. The van der Waals surface area contributed by atoms with Gasteiger partial charge in [0.25, 0.3) is 5.91 Å². The van der Waals surface area contributed by atoms with Gasteiger partial charge in [-0.3, -0.25) is 25.5 Å². The number of pyridine rings is 1. The highest BCUT2D eigenvalue weighted by atomic mass is 16.1. The summed E-state index contributed by atoms with van der Waals surface area (Å²) in [7, 11) is 0. The predicted octanol–water partition coefficient (Wildman–Crippen LogP) is 4.28. The number of carbonyl (C=O) groups excluding carboxylic acids is 1. The van der Waals surface area contributed by atoms with Crippen molar-refractivity contribution < 1.29 is 6.22 Å². The summed E-state index contributed by atoms with van der Waals surface area (Å²) < 4.78 is 0. The summed E-state index contributed by atoms with van der Waals surface area (Å²) in [5.41, 5.74) is 3.96. The Hall–Kier alpha value is -3.06. The average molecular weight is 437 g/mol. The summed E-state index contributed by atoms with van der Waals surface area (Å²) in [4.78, 5) is 21.1. The van der Waals surface area contributed by atoms with Gasteiger partial charge in [-0.05, 0) is 69.4 Å². The molecule has 1 saturated heterocycles. The number of aromatic nitrogens is 1. The monoisotopic (exact) mass is 436 g/mol. The van der Waals surface area contributed by atoms with Crippen LogP contribution in [0.3, 0.4) is 0 Å². The zero-order valence-corrected chi connectivity index (χ0v) is 19.5. The van der Waals surface area contributed by atoms with Gasteiger partial charge in [-0.2, -0.15) is 0 Å². The Kier molecular flexibility index (Phi) is 7.40. The topological polar surface area (TPSA) is 96.2 Å². The Labute approximate surface area is 192 Å². The van der Waals surface area contributed by atoms with Gasteiger partial charge in [0, 0.05) is 44.9 Å². The molecule has 7 nitrogen and oxygen atoms in total. The molecule has 1 aromatic rings. The third-order valence-electron chi connectivity index (χ3n) is 6.15. The molecule has 0 unspecified atom stereocenters. The lowest BCUT2D eigenvalue weighted by atomic mass is 10.00. The van der Waals surface area contributed by atoms with Gasteiger partial charge in [-0.25, -0.2) is 0 Å². The molecular weight excluding hydrogens is 400 g/mol. The van der Waals surface area contributed by atoms with Crippen LogP contribution >= 0.6 is 0 Å². The molecule has 0 spiro atoms. The summed E-state index contributed by atoms with van der Waals surface area (Å²) in [6.45, 7) is 14.0. The molecule has 1 fully saturated rings. The Bertz CT molecular complexity index is 997. The molecule has 3 N–H and O–H groups in total. The van der Waals surface area contributed by atoms with Crippen LogP contribution in [-0.4, -0.2) is 51.0 Å². The molecule has 0 bridgehead atoms. The van der Waals surface area contributed by atoms with Gasteiger partial charge in [0.1, 0.15) is 17.4 Å². The van der Waals surface area contributed by atoms with Crippen molar-refractivity contribution in [2.45, 2.75) is 65.6 Å². The molecule has 1 amide bonds. The van der Waals surface area contributed by atoms with Gasteiger partial charge in [0.05, 0.1) is 0 Å². The maximum atomic E-state index is 12.6. The average Bonchev–Trinajstić information content (AvgIpc) is 3.09. The van der Waals surface area contributed by atoms with Crippen molar-refractivity contribution in [1.82, 2.24) is 20.1 Å². The zero-order chi connectivity index (χ0) is 23.4. The number of nitrogens with one attached hydrogen (secondary N) is 3. The smallest absolute Gasteiger partial charge is 0.274 e. The summed E-state index contributed by atoms with van der Waals surface area (Å²) in [6, 6.07) is 2.53. The van der Waals surface area contributed by atoms with Gasteiger partial charge < -0.3 is 10.2 Å². The predicted molar refractivity (Wildman–Crippen MR) is 131 cm³/mol. The molecule has 3 rings (SSSR count). The first-order valence-corrected chi connectivity index (χ1v) is 11.2. The van der Waals surface area contributed by atoms with Crippen LogP contribution in [0.5, 0.6) is 0 Å². The first-order chi connectivity index (χ1) is 15.2. The van der Waals surface area contributed by atoms with E-state index < -0.39 is 0 Å². The van der Waals surface area contributed by atoms with E-state index in [4.69, 9.17) is 10.8 Å². The molecule has 32 heavy (non-hydrogen) atoms. The minimum Gasteiger partial charge on any atom is -0.321 e. The van der Waals surface area contributed by atoms with Crippen LogP contribution in [0, 0.1) is 10.8 Å². The van der Waals surface area contributed by atoms with E-state index in [2.05, 4.69) is 35.6 Å². The molecule has 0 saturated carbocycles. The number of carbonyl (C=O) groups is 1. The lowest BCUT2D eigenvalue weighted by molar-refractivity contribution is 0.0962. The summed E-state index contributed by atoms with van der Waals surface area (Å²) in [6.07, 6.45) is 9.64. The lowest BCUT2D eigenvalue weighted by Gasteiger charge is -2.31. The first-order valence-electron chi connectivity index (χ1n) is 11.2. The Morgan fingerprint density at radius 2 is 2.12 bits per heavy atom. The van der Waals surface area contributed by atoms with Crippen LogP contribution in [0.4, 0.5) is 0 Å². The summed E-state index contributed by atoms with van der Waals surface area (Å²) >= 11 is 0. The van der Waals surface area contributed by atoms with E-state index in [0.717, 1.165) is 37.1 Å².